The van der Waals surface area contributed by atoms with E-state index in [1.54, 1.807) is 12.1 Å². The molecular formula is C25H30F3NO3S. The second-order valence-corrected chi connectivity index (χ2v) is 9.56. The number of ether oxygens (including phenoxy) is 1. The number of nitrogens with one attached hydrogen (secondary N) is 1. The zero-order chi connectivity index (χ0) is 24.6. The molecule has 2 aromatic carbocycles. The molecule has 1 unspecified atom stereocenters. The van der Waals surface area contributed by atoms with Gasteiger partial charge in [0, 0.05) is 23.7 Å². The third kappa shape index (κ3) is 7.39. The van der Waals surface area contributed by atoms with Crippen LogP contribution >= 0.6 is 0 Å². The first-order valence-corrected chi connectivity index (χ1v) is 12.3. The molecule has 0 spiro atoms. The van der Waals surface area contributed by atoms with E-state index in [4.69, 9.17) is 4.74 Å². The summed E-state index contributed by atoms with van der Waals surface area (Å²) in [6.07, 6.45) is 5.86. The maximum absolute atomic E-state index is 14.5. The lowest BCUT2D eigenvalue weighted by atomic mass is 9.84. The molecule has 8 heteroatoms. The standard InChI is InChI=1S/C22H22F3NO3S.C3H8/c1-14(2)26-30(27,28)22-12-19(24)21(11-20(22)25)29-13-16-5-3-4-6-18(16)15-7-9-17(23)10-8-15;1-3-2/h6-12,16,26H,1,3-5,13H2,2H3;3H2,1-2H3. The Balaban J connectivity index is 0.00000122. The fraction of sp³-hybridized carbons (Fsp3) is 0.360. The van der Waals surface area contributed by atoms with Gasteiger partial charge in [-0.15, -0.1) is 0 Å². The summed E-state index contributed by atoms with van der Waals surface area (Å²) >= 11 is 0. The quantitative estimate of drug-likeness (QED) is 0.485. The summed E-state index contributed by atoms with van der Waals surface area (Å²) in [5, 5.41) is 0. The van der Waals surface area contributed by atoms with Gasteiger partial charge in [-0.25, -0.2) is 21.6 Å². The Morgan fingerprint density at radius 2 is 1.76 bits per heavy atom. The van der Waals surface area contributed by atoms with Crippen LogP contribution in [0.1, 0.15) is 52.0 Å². The van der Waals surface area contributed by atoms with Crippen molar-refractivity contribution in [2.45, 2.75) is 51.3 Å². The van der Waals surface area contributed by atoms with Crippen molar-refractivity contribution >= 4 is 15.6 Å². The average Bonchev–Trinajstić information content (AvgIpc) is 2.74. The maximum Gasteiger partial charge on any atom is 0.264 e. The monoisotopic (exact) mass is 481 g/mol. The van der Waals surface area contributed by atoms with E-state index in [9.17, 15) is 21.6 Å². The fourth-order valence-corrected chi connectivity index (χ4v) is 4.56. The molecule has 4 nitrogen and oxygen atoms in total. The molecule has 0 amide bonds. The van der Waals surface area contributed by atoms with Gasteiger partial charge in [0.05, 0.1) is 6.61 Å². The second-order valence-electron chi connectivity index (χ2n) is 7.91. The van der Waals surface area contributed by atoms with Crippen molar-refractivity contribution < 1.29 is 26.3 Å². The van der Waals surface area contributed by atoms with Gasteiger partial charge in [-0.1, -0.05) is 45.1 Å². The van der Waals surface area contributed by atoms with E-state index in [0.29, 0.717) is 6.07 Å². The van der Waals surface area contributed by atoms with Crippen LogP contribution in [-0.2, 0) is 10.0 Å². The van der Waals surface area contributed by atoms with Crippen molar-refractivity contribution in [3.63, 3.8) is 0 Å². The van der Waals surface area contributed by atoms with Crippen molar-refractivity contribution in [1.82, 2.24) is 4.72 Å². The number of sulfonamides is 1. The number of hydrogen-bond acceptors (Lipinski definition) is 3. The molecular weight excluding hydrogens is 451 g/mol. The minimum atomic E-state index is -4.27. The van der Waals surface area contributed by atoms with Crippen LogP contribution in [0.4, 0.5) is 13.2 Å². The minimum Gasteiger partial charge on any atom is -0.490 e. The van der Waals surface area contributed by atoms with Gasteiger partial charge in [-0.3, -0.25) is 4.72 Å². The Morgan fingerprint density at radius 3 is 2.36 bits per heavy atom. The number of allylic oxidation sites excluding steroid dienone is 2. The Labute approximate surface area is 194 Å². The molecule has 0 bridgehead atoms. The van der Waals surface area contributed by atoms with Crippen LogP contribution in [0.2, 0.25) is 0 Å². The molecule has 3 rings (SSSR count). The van der Waals surface area contributed by atoms with E-state index in [2.05, 4.69) is 20.4 Å². The highest BCUT2D eigenvalue weighted by molar-refractivity contribution is 7.89. The molecule has 1 aliphatic carbocycles. The van der Waals surface area contributed by atoms with Gasteiger partial charge in [0.15, 0.2) is 11.6 Å². The second kappa shape index (κ2) is 11.9. The zero-order valence-corrected chi connectivity index (χ0v) is 19.9. The Bertz CT molecular complexity index is 1100. The average molecular weight is 482 g/mol. The SMILES string of the molecule is C=C(C)NS(=O)(=O)c1cc(F)c(OCC2CCCC=C2c2ccc(F)cc2)cc1F.CCC. The highest BCUT2D eigenvalue weighted by atomic mass is 32.2. The van der Waals surface area contributed by atoms with Crippen LogP contribution < -0.4 is 9.46 Å². The summed E-state index contributed by atoms with van der Waals surface area (Å²) in [4.78, 5) is -0.820. The summed E-state index contributed by atoms with van der Waals surface area (Å²) in [6.45, 7) is 9.11. The molecule has 2 aromatic rings. The topological polar surface area (TPSA) is 55.4 Å². The van der Waals surface area contributed by atoms with E-state index in [-0.39, 0.29) is 29.8 Å². The molecule has 33 heavy (non-hydrogen) atoms. The normalized spacial score (nSPS) is 15.7. The van der Waals surface area contributed by atoms with Gasteiger partial charge >= 0.3 is 0 Å². The lowest BCUT2D eigenvalue weighted by Gasteiger charge is -2.25. The molecule has 1 aliphatic rings. The van der Waals surface area contributed by atoms with E-state index in [0.717, 1.165) is 36.5 Å². The van der Waals surface area contributed by atoms with Gasteiger partial charge in [0.25, 0.3) is 10.0 Å². The number of hydrogen-bond donors (Lipinski definition) is 1. The van der Waals surface area contributed by atoms with Crippen LogP contribution in [0, 0.1) is 23.4 Å². The molecule has 0 saturated heterocycles. The van der Waals surface area contributed by atoms with Crippen LogP contribution in [0.5, 0.6) is 5.75 Å². The Kier molecular flexibility index (Phi) is 9.58. The predicted octanol–water partition coefficient (Wildman–Crippen LogP) is 6.59. The van der Waals surface area contributed by atoms with Crippen LogP contribution in [0.25, 0.3) is 5.57 Å². The first kappa shape index (κ1) is 26.5. The zero-order valence-electron chi connectivity index (χ0n) is 19.1. The lowest BCUT2D eigenvalue weighted by Crippen LogP contribution is -2.23. The van der Waals surface area contributed by atoms with Crippen molar-refractivity contribution in [2.24, 2.45) is 5.92 Å². The molecule has 1 N–H and O–H groups in total. The van der Waals surface area contributed by atoms with E-state index in [1.165, 1.54) is 25.5 Å². The van der Waals surface area contributed by atoms with Gasteiger partial charge < -0.3 is 4.74 Å². The van der Waals surface area contributed by atoms with Gasteiger partial charge in [0.1, 0.15) is 16.5 Å². The third-order valence-electron chi connectivity index (χ3n) is 4.76. The van der Waals surface area contributed by atoms with Crippen LogP contribution in [0.15, 0.2) is 59.6 Å². The van der Waals surface area contributed by atoms with E-state index in [1.807, 2.05) is 10.8 Å². The molecule has 0 saturated carbocycles. The Hall–Kier alpha value is -2.74. The van der Waals surface area contributed by atoms with Crippen molar-refractivity contribution in [1.29, 1.82) is 0 Å². The predicted molar refractivity (Wildman–Crippen MR) is 125 cm³/mol. The minimum absolute atomic E-state index is 0.0764. The summed E-state index contributed by atoms with van der Waals surface area (Å²) < 4.78 is 73.8. The molecule has 1 atom stereocenters. The smallest absolute Gasteiger partial charge is 0.264 e. The highest BCUT2D eigenvalue weighted by Crippen LogP contribution is 2.34. The summed E-state index contributed by atoms with van der Waals surface area (Å²) in [7, 11) is -4.27. The van der Waals surface area contributed by atoms with Crippen LogP contribution in [0.3, 0.4) is 0 Å². The largest absolute Gasteiger partial charge is 0.490 e. The third-order valence-corrected chi connectivity index (χ3v) is 6.27. The molecule has 180 valence electrons. The summed E-state index contributed by atoms with van der Waals surface area (Å²) in [5.41, 5.74) is 1.89. The maximum atomic E-state index is 14.5. The van der Waals surface area contributed by atoms with Crippen molar-refractivity contribution in [2.75, 3.05) is 6.61 Å². The van der Waals surface area contributed by atoms with E-state index < -0.39 is 26.6 Å². The number of halogens is 3. The first-order chi connectivity index (χ1) is 15.6. The lowest BCUT2D eigenvalue weighted by molar-refractivity contribution is 0.255. The summed E-state index contributed by atoms with van der Waals surface area (Å²) in [6, 6.07) is 7.41. The Morgan fingerprint density at radius 1 is 1.12 bits per heavy atom. The number of benzene rings is 2. The molecule has 0 heterocycles. The van der Waals surface area contributed by atoms with Crippen LogP contribution in [-0.4, -0.2) is 15.0 Å². The van der Waals surface area contributed by atoms with Crippen molar-refractivity contribution in [3.8, 4) is 5.75 Å². The number of rotatable bonds is 7. The van der Waals surface area contributed by atoms with Gasteiger partial charge in [-0.05, 0) is 49.5 Å². The summed E-state index contributed by atoms with van der Waals surface area (Å²) in [5.74, 6) is -2.90. The molecule has 0 aromatic heterocycles. The van der Waals surface area contributed by atoms with Crippen molar-refractivity contribution in [3.05, 3.63) is 77.8 Å². The van der Waals surface area contributed by atoms with Gasteiger partial charge in [-0.2, -0.15) is 0 Å². The molecule has 0 radical (unpaired) electrons. The molecule has 0 aliphatic heterocycles. The van der Waals surface area contributed by atoms with Gasteiger partial charge in [0.2, 0.25) is 0 Å². The van der Waals surface area contributed by atoms with E-state index >= 15 is 0 Å². The highest BCUT2D eigenvalue weighted by Gasteiger charge is 2.24. The fourth-order valence-electron chi connectivity index (χ4n) is 3.41. The molecule has 0 fully saturated rings. The first-order valence-electron chi connectivity index (χ1n) is 10.8.